The molecule has 0 aliphatic rings. The van der Waals surface area contributed by atoms with Crippen LogP contribution in [-0.4, -0.2) is 11.5 Å². The number of nitrogens with one attached hydrogen (secondary N) is 1. The molecule has 0 aliphatic carbocycles. The Morgan fingerprint density at radius 2 is 2.20 bits per heavy atom. The SMILES string of the molecule is CCNC(C)c1cccnc1Oc1cc(F)cc(Br)c1. The number of hydrogen-bond donors (Lipinski definition) is 1. The molecule has 5 heteroatoms. The fourth-order valence-electron chi connectivity index (χ4n) is 1.93. The van der Waals surface area contributed by atoms with Gasteiger partial charge in [0, 0.05) is 28.3 Å². The van der Waals surface area contributed by atoms with Gasteiger partial charge in [-0.25, -0.2) is 9.37 Å². The molecule has 0 saturated carbocycles. The van der Waals surface area contributed by atoms with E-state index in [1.807, 2.05) is 26.0 Å². The molecule has 0 aliphatic heterocycles. The van der Waals surface area contributed by atoms with Gasteiger partial charge in [0.15, 0.2) is 0 Å². The van der Waals surface area contributed by atoms with Gasteiger partial charge in [0.2, 0.25) is 5.88 Å². The monoisotopic (exact) mass is 338 g/mol. The normalized spacial score (nSPS) is 12.2. The molecular formula is C15H16BrFN2O. The first-order valence-corrected chi connectivity index (χ1v) is 7.21. The Morgan fingerprint density at radius 3 is 2.90 bits per heavy atom. The smallest absolute Gasteiger partial charge is 0.223 e. The number of rotatable bonds is 5. The summed E-state index contributed by atoms with van der Waals surface area (Å²) >= 11 is 3.25. The van der Waals surface area contributed by atoms with E-state index in [4.69, 9.17) is 4.74 Å². The third-order valence-electron chi connectivity index (χ3n) is 2.83. The van der Waals surface area contributed by atoms with Gasteiger partial charge in [0.1, 0.15) is 11.6 Å². The lowest BCUT2D eigenvalue weighted by Gasteiger charge is -2.16. The maximum atomic E-state index is 13.4. The van der Waals surface area contributed by atoms with Gasteiger partial charge in [-0.1, -0.05) is 28.9 Å². The molecule has 106 valence electrons. The van der Waals surface area contributed by atoms with Gasteiger partial charge < -0.3 is 10.1 Å². The van der Waals surface area contributed by atoms with E-state index < -0.39 is 0 Å². The highest BCUT2D eigenvalue weighted by Gasteiger charge is 2.13. The van der Waals surface area contributed by atoms with Gasteiger partial charge in [0.25, 0.3) is 0 Å². The molecule has 1 aromatic carbocycles. The topological polar surface area (TPSA) is 34.2 Å². The van der Waals surface area contributed by atoms with E-state index in [1.54, 1.807) is 12.3 Å². The van der Waals surface area contributed by atoms with Crippen molar-refractivity contribution in [1.29, 1.82) is 0 Å². The number of pyridine rings is 1. The second-order valence-corrected chi connectivity index (χ2v) is 5.30. The molecule has 1 atom stereocenters. The minimum Gasteiger partial charge on any atom is -0.439 e. The van der Waals surface area contributed by atoms with Crippen molar-refractivity contribution in [3.63, 3.8) is 0 Å². The summed E-state index contributed by atoms with van der Waals surface area (Å²) in [7, 11) is 0. The Morgan fingerprint density at radius 1 is 1.40 bits per heavy atom. The average Bonchev–Trinajstić information content (AvgIpc) is 2.38. The Bertz CT molecular complexity index is 572. The number of hydrogen-bond acceptors (Lipinski definition) is 3. The minimum atomic E-state index is -0.355. The van der Waals surface area contributed by atoms with Gasteiger partial charge in [-0.3, -0.25) is 0 Å². The predicted molar refractivity (Wildman–Crippen MR) is 80.5 cm³/mol. The Kier molecular flexibility index (Phi) is 5.09. The van der Waals surface area contributed by atoms with Crippen molar-refractivity contribution >= 4 is 15.9 Å². The Labute approximate surface area is 126 Å². The fourth-order valence-corrected chi connectivity index (χ4v) is 2.38. The largest absolute Gasteiger partial charge is 0.439 e. The zero-order valence-corrected chi connectivity index (χ0v) is 12.9. The van der Waals surface area contributed by atoms with Crippen LogP contribution in [0, 0.1) is 5.82 Å². The molecule has 2 aromatic rings. The fraction of sp³-hybridized carbons (Fsp3) is 0.267. The molecule has 3 nitrogen and oxygen atoms in total. The van der Waals surface area contributed by atoms with Crippen LogP contribution in [0.4, 0.5) is 4.39 Å². The predicted octanol–water partition coefficient (Wildman–Crippen LogP) is 4.45. The quantitative estimate of drug-likeness (QED) is 0.874. The van der Waals surface area contributed by atoms with Crippen LogP contribution in [0.15, 0.2) is 41.0 Å². The Balaban J connectivity index is 2.29. The summed E-state index contributed by atoms with van der Waals surface area (Å²) in [5.74, 6) is 0.547. The average molecular weight is 339 g/mol. The van der Waals surface area contributed by atoms with Crippen LogP contribution in [0.25, 0.3) is 0 Å². The van der Waals surface area contributed by atoms with Crippen LogP contribution in [0.1, 0.15) is 25.5 Å². The molecule has 1 aromatic heterocycles. The molecule has 0 saturated heterocycles. The first-order chi connectivity index (χ1) is 9.60. The molecule has 0 bridgehead atoms. The summed E-state index contributed by atoms with van der Waals surface area (Å²) in [5, 5.41) is 3.31. The zero-order chi connectivity index (χ0) is 14.5. The molecule has 2 rings (SSSR count). The summed E-state index contributed by atoms with van der Waals surface area (Å²) in [5.41, 5.74) is 0.940. The van der Waals surface area contributed by atoms with Crippen LogP contribution in [0.2, 0.25) is 0 Å². The Hall–Kier alpha value is -1.46. The number of nitrogens with zero attached hydrogens (tertiary/aromatic N) is 1. The summed E-state index contributed by atoms with van der Waals surface area (Å²) < 4.78 is 19.7. The second-order valence-electron chi connectivity index (χ2n) is 4.38. The lowest BCUT2D eigenvalue weighted by atomic mass is 10.1. The van der Waals surface area contributed by atoms with Crippen LogP contribution >= 0.6 is 15.9 Å². The molecule has 20 heavy (non-hydrogen) atoms. The van der Waals surface area contributed by atoms with Crippen LogP contribution in [-0.2, 0) is 0 Å². The minimum absolute atomic E-state index is 0.112. The van der Waals surface area contributed by atoms with Gasteiger partial charge >= 0.3 is 0 Å². The van der Waals surface area contributed by atoms with E-state index in [0.29, 0.717) is 16.1 Å². The van der Waals surface area contributed by atoms with Crippen LogP contribution in [0.5, 0.6) is 11.6 Å². The molecular weight excluding hydrogens is 323 g/mol. The van der Waals surface area contributed by atoms with E-state index in [-0.39, 0.29) is 11.9 Å². The van der Waals surface area contributed by atoms with Crippen molar-refractivity contribution in [2.75, 3.05) is 6.54 Å². The summed E-state index contributed by atoms with van der Waals surface area (Å²) in [6.07, 6.45) is 1.66. The highest BCUT2D eigenvalue weighted by atomic mass is 79.9. The maximum absolute atomic E-state index is 13.4. The van der Waals surface area contributed by atoms with Crippen molar-refractivity contribution in [2.45, 2.75) is 19.9 Å². The van der Waals surface area contributed by atoms with Crippen LogP contribution < -0.4 is 10.1 Å². The molecule has 0 fully saturated rings. The summed E-state index contributed by atoms with van der Waals surface area (Å²) in [4.78, 5) is 4.24. The number of aromatic nitrogens is 1. The third kappa shape index (κ3) is 3.77. The molecule has 0 radical (unpaired) electrons. The number of halogens is 2. The lowest BCUT2D eigenvalue weighted by Crippen LogP contribution is -2.18. The molecule has 1 unspecified atom stereocenters. The lowest BCUT2D eigenvalue weighted by molar-refractivity contribution is 0.440. The summed E-state index contributed by atoms with van der Waals surface area (Å²) in [6.45, 7) is 4.92. The standard InChI is InChI=1S/C15H16BrFN2O/c1-3-18-10(2)14-5-4-6-19-15(14)20-13-8-11(16)7-12(17)9-13/h4-10,18H,3H2,1-2H3. The highest BCUT2D eigenvalue weighted by molar-refractivity contribution is 9.10. The zero-order valence-electron chi connectivity index (χ0n) is 11.4. The van der Waals surface area contributed by atoms with Crippen LogP contribution in [0.3, 0.4) is 0 Å². The van der Waals surface area contributed by atoms with Crippen molar-refractivity contribution < 1.29 is 9.13 Å². The van der Waals surface area contributed by atoms with Gasteiger partial charge in [-0.2, -0.15) is 0 Å². The number of benzene rings is 1. The van der Waals surface area contributed by atoms with Gasteiger partial charge in [-0.05, 0) is 31.7 Å². The van der Waals surface area contributed by atoms with Gasteiger partial charge in [0.05, 0.1) is 0 Å². The number of ether oxygens (including phenoxy) is 1. The summed E-state index contributed by atoms with van der Waals surface area (Å²) in [6, 6.07) is 8.34. The molecule has 1 heterocycles. The van der Waals surface area contributed by atoms with E-state index in [2.05, 4.69) is 26.2 Å². The molecule has 0 amide bonds. The third-order valence-corrected chi connectivity index (χ3v) is 3.29. The molecule has 0 spiro atoms. The van der Waals surface area contributed by atoms with E-state index in [0.717, 1.165) is 12.1 Å². The van der Waals surface area contributed by atoms with E-state index in [9.17, 15) is 4.39 Å². The van der Waals surface area contributed by atoms with E-state index >= 15 is 0 Å². The van der Waals surface area contributed by atoms with Crippen molar-refractivity contribution in [2.24, 2.45) is 0 Å². The van der Waals surface area contributed by atoms with Crippen molar-refractivity contribution in [1.82, 2.24) is 10.3 Å². The van der Waals surface area contributed by atoms with E-state index in [1.165, 1.54) is 12.1 Å². The first-order valence-electron chi connectivity index (χ1n) is 6.42. The maximum Gasteiger partial charge on any atom is 0.223 e. The van der Waals surface area contributed by atoms with Crippen molar-refractivity contribution in [3.05, 3.63) is 52.4 Å². The molecule has 1 N–H and O–H groups in total. The first kappa shape index (κ1) is 14.9. The van der Waals surface area contributed by atoms with Crippen molar-refractivity contribution in [3.8, 4) is 11.6 Å². The highest BCUT2D eigenvalue weighted by Crippen LogP contribution is 2.29. The van der Waals surface area contributed by atoms with Gasteiger partial charge in [-0.15, -0.1) is 0 Å². The second kappa shape index (κ2) is 6.81.